The zero-order valence-corrected chi connectivity index (χ0v) is 11.7. The first-order chi connectivity index (χ1) is 9.33. The molecule has 1 atom stereocenters. The highest BCUT2D eigenvalue weighted by molar-refractivity contribution is 6.18. The van der Waals surface area contributed by atoms with E-state index in [1.165, 1.54) is 11.1 Å². The minimum absolute atomic E-state index is 0.161. The van der Waals surface area contributed by atoms with Crippen LogP contribution >= 0.6 is 11.6 Å². The van der Waals surface area contributed by atoms with Crippen LogP contribution in [-0.2, 0) is 6.54 Å². The standard InChI is InChI=1S/C16H18ClNO/c1-19-15-9-5-6-13(10-15)12-18-16(11-17)14-7-3-2-4-8-14/h2-10,16,18H,11-12H2,1H3. The van der Waals surface area contributed by atoms with Crippen molar-refractivity contribution in [3.8, 4) is 5.75 Å². The van der Waals surface area contributed by atoms with Gasteiger partial charge in [0.2, 0.25) is 0 Å². The molecule has 1 N–H and O–H groups in total. The molecule has 0 saturated heterocycles. The van der Waals surface area contributed by atoms with E-state index in [0.717, 1.165) is 12.3 Å². The predicted octanol–water partition coefficient (Wildman–Crippen LogP) is 3.76. The molecule has 2 nitrogen and oxygen atoms in total. The molecule has 3 heteroatoms. The van der Waals surface area contributed by atoms with Crippen LogP contribution in [0.2, 0.25) is 0 Å². The maximum atomic E-state index is 6.04. The van der Waals surface area contributed by atoms with E-state index in [2.05, 4.69) is 23.5 Å². The summed E-state index contributed by atoms with van der Waals surface area (Å²) in [6.45, 7) is 0.767. The van der Waals surface area contributed by atoms with Gasteiger partial charge in [-0.2, -0.15) is 0 Å². The van der Waals surface area contributed by atoms with Crippen molar-refractivity contribution < 1.29 is 4.74 Å². The normalized spacial score (nSPS) is 12.1. The topological polar surface area (TPSA) is 21.3 Å². The number of methoxy groups -OCH3 is 1. The maximum Gasteiger partial charge on any atom is 0.119 e. The molecule has 0 amide bonds. The first kappa shape index (κ1) is 13.9. The van der Waals surface area contributed by atoms with Crippen molar-refractivity contribution in [3.05, 3.63) is 65.7 Å². The molecule has 0 aromatic heterocycles. The van der Waals surface area contributed by atoms with E-state index in [9.17, 15) is 0 Å². The number of rotatable bonds is 6. The van der Waals surface area contributed by atoms with Crippen LogP contribution in [0.5, 0.6) is 5.75 Å². The van der Waals surface area contributed by atoms with E-state index in [1.807, 2.05) is 36.4 Å². The summed E-state index contributed by atoms with van der Waals surface area (Å²) in [5.41, 5.74) is 2.39. The number of hydrogen-bond acceptors (Lipinski definition) is 2. The van der Waals surface area contributed by atoms with Gasteiger partial charge in [0.1, 0.15) is 5.75 Å². The Bertz CT molecular complexity index is 501. The van der Waals surface area contributed by atoms with Crippen molar-refractivity contribution in [1.82, 2.24) is 5.32 Å². The number of benzene rings is 2. The number of halogens is 1. The van der Waals surface area contributed by atoms with Crippen molar-refractivity contribution in [2.75, 3.05) is 13.0 Å². The summed E-state index contributed by atoms with van der Waals surface area (Å²) in [5, 5.41) is 3.47. The molecule has 0 bridgehead atoms. The smallest absolute Gasteiger partial charge is 0.119 e. The summed E-state index contributed by atoms with van der Waals surface area (Å²) in [7, 11) is 1.68. The van der Waals surface area contributed by atoms with Gasteiger partial charge in [-0.05, 0) is 23.3 Å². The van der Waals surface area contributed by atoms with E-state index in [0.29, 0.717) is 5.88 Å². The number of nitrogens with one attached hydrogen (secondary N) is 1. The van der Waals surface area contributed by atoms with Crippen molar-refractivity contribution in [2.24, 2.45) is 0 Å². The number of hydrogen-bond donors (Lipinski definition) is 1. The SMILES string of the molecule is COc1cccc(CNC(CCl)c2ccccc2)c1. The van der Waals surface area contributed by atoms with Gasteiger partial charge in [0.15, 0.2) is 0 Å². The Balaban J connectivity index is 2.00. The molecule has 0 radical (unpaired) electrons. The molecule has 0 heterocycles. The predicted molar refractivity (Wildman–Crippen MR) is 79.7 cm³/mol. The minimum Gasteiger partial charge on any atom is -0.497 e. The molecule has 0 aliphatic carbocycles. The second kappa shape index (κ2) is 7.17. The molecule has 0 aliphatic heterocycles. The van der Waals surface area contributed by atoms with Gasteiger partial charge in [0.25, 0.3) is 0 Å². The third-order valence-electron chi connectivity index (χ3n) is 3.04. The van der Waals surface area contributed by atoms with Gasteiger partial charge >= 0.3 is 0 Å². The van der Waals surface area contributed by atoms with Crippen LogP contribution in [0.25, 0.3) is 0 Å². The van der Waals surface area contributed by atoms with Gasteiger partial charge in [-0.3, -0.25) is 0 Å². The molecule has 2 aromatic carbocycles. The van der Waals surface area contributed by atoms with Crippen LogP contribution in [0, 0.1) is 0 Å². The summed E-state index contributed by atoms with van der Waals surface area (Å²) in [6.07, 6.45) is 0. The highest BCUT2D eigenvalue weighted by Gasteiger charge is 2.09. The fourth-order valence-corrected chi connectivity index (χ4v) is 2.26. The summed E-state index contributed by atoms with van der Waals surface area (Å²) >= 11 is 6.04. The highest BCUT2D eigenvalue weighted by atomic mass is 35.5. The van der Waals surface area contributed by atoms with Gasteiger partial charge in [0.05, 0.1) is 7.11 Å². The third kappa shape index (κ3) is 3.98. The largest absolute Gasteiger partial charge is 0.497 e. The van der Waals surface area contributed by atoms with Crippen LogP contribution in [0.3, 0.4) is 0 Å². The molecular formula is C16H18ClNO. The maximum absolute atomic E-state index is 6.04. The Morgan fingerprint density at radius 1 is 1.11 bits per heavy atom. The average Bonchev–Trinajstić information content (AvgIpc) is 2.49. The minimum atomic E-state index is 0.161. The molecule has 0 saturated carbocycles. The fraction of sp³-hybridized carbons (Fsp3) is 0.250. The van der Waals surface area contributed by atoms with Gasteiger partial charge in [0, 0.05) is 18.5 Å². The van der Waals surface area contributed by atoms with Crippen molar-refractivity contribution in [1.29, 1.82) is 0 Å². The molecular weight excluding hydrogens is 258 g/mol. The van der Waals surface area contributed by atoms with Crippen LogP contribution in [-0.4, -0.2) is 13.0 Å². The van der Waals surface area contributed by atoms with Gasteiger partial charge < -0.3 is 10.1 Å². The van der Waals surface area contributed by atoms with Gasteiger partial charge in [-0.25, -0.2) is 0 Å². The molecule has 100 valence electrons. The molecule has 2 aromatic rings. The zero-order valence-electron chi connectivity index (χ0n) is 11.0. The van der Waals surface area contributed by atoms with Gasteiger partial charge in [-0.1, -0.05) is 42.5 Å². The van der Waals surface area contributed by atoms with Gasteiger partial charge in [-0.15, -0.1) is 11.6 Å². The quantitative estimate of drug-likeness (QED) is 0.811. The molecule has 2 rings (SSSR count). The van der Waals surface area contributed by atoms with Crippen LogP contribution in [0.15, 0.2) is 54.6 Å². The molecule has 0 aliphatic rings. The monoisotopic (exact) mass is 275 g/mol. The lowest BCUT2D eigenvalue weighted by Gasteiger charge is -2.16. The third-order valence-corrected chi connectivity index (χ3v) is 3.35. The highest BCUT2D eigenvalue weighted by Crippen LogP contribution is 2.17. The van der Waals surface area contributed by atoms with Crippen LogP contribution in [0.4, 0.5) is 0 Å². The Kier molecular flexibility index (Phi) is 5.25. The first-order valence-electron chi connectivity index (χ1n) is 6.30. The molecule has 19 heavy (non-hydrogen) atoms. The second-order valence-electron chi connectivity index (χ2n) is 4.35. The summed E-state index contributed by atoms with van der Waals surface area (Å²) in [6, 6.07) is 18.5. The van der Waals surface area contributed by atoms with Crippen molar-refractivity contribution >= 4 is 11.6 Å². The Morgan fingerprint density at radius 3 is 2.58 bits per heavy atom. The van der Waals surface area contributed by atoms with E-state index in [1.54, 1.807) is 7.11 Å². The molecule has 0 fully saturated rings. The fourth-order valence-electron chi connectivity index (χ4n) is 1.97. The summed E-state index contributed by atoms with van der Waals surface area (Å²) in [5.74, 6) is 1.43. The molecule has 1 unspecified atom stereocenters. The number of alkyl halides is 1. The summed E-state index contributed by atoms with van der Waals surface area (Å²) < 4.78 is 5.22. The van der Waals surface area contributed by atoms with E-state index < -0.39 is 0 Å². The summed E-state index contributed by atoms with van der Waals surface area (Å²) in [4.78, 5) is 0. The van der Waals surface area contributed by atoms with Crippen LogP contribution < -0.4 is 10.1 Å². The lowest BCUT2D eigenvalue weighted by atomic mass is 10.1. The second-order valence-corrected chi connectivity index (χ2v) is 4.66. The first-order valence-corrected chi connectivity index (χ1v) is 6.84. The molecule has 0 spiro atoms. The zero-order chi connectivity index (χ0) is 13.5. The number of ether oxygens (including phenoxy) is 1. The lowest BCUT2D eigenvalue weighted by molar-refractivity contribution is 0.414. The van der Waals surface area contributed by atoms with Crippen molar-refractivity contribution in [3.63, 3.8) is 0 Å². The Hall–Kier alpha value is -1.51. The lowest BCUT2D eigenvalue weighted by Crippen LogP contribution is -2.22. The average molecular weight is 276 g/mol. The Morgan fingerprint density at radius 2 is 1.89 bits per heavy atom. The van der Waals surface area contributed by atoms with Crippen LogP contribution in [0.1, 0.15) is 17.2 Å². The Labute approximate surface area is 119 Å². The van der Waals surface area contributed by atoms with E-state index in [4.69, 9.17) is 16.3 Å². The van der Waals surface area contributed by atoms with E-state index in [-0.39, 0.29) is 6.04 Å². The van der Waals surface area contributed by atoms with Crippen molar-refractivity contribution in [2.45, 2.75) is 12.6 Å². The van der Waals surface area contributed by atoms with E-state index >= 15 is 0 Å².